The molecule has 0 bridgehead atoms. The van der Waals surface area contributed by atoms with E-state index in [1.165, 1.54) is 4.80 Å². The zero-order chi connectivity index (χ0) is 13.2. The van der Waals surface area contributed by atoms with E-state index in [4.69, 9.17) is 0 Å². The van der Waals surface area contributed by atoms with E-state index in [1.807, 2.05) is 42.5 Å². The maximum atomic E-state index is 9.96. The Morgan fingerprint density at radius 1 is 1.11 bits per heavy atom. The Balaban J connectivity index is 2.14. The van der Waals surface area contributed by atoms with Gasteiger partial charge >= 0.3 is 0 Å². The Morgan fingerprint density at radius 3 is 2.42 bits per heavy atom. The zero-order valence-electron chi connectivity index (χ0n) is 10.3. The number of fused-ring (bicyclic) bond motifs is 1. The molecule has 4 nitrogen and oxygen atoms in total. The summed E-state index contributed by atoms with van der Waals surface area (Å²) < 4.78 is 0. The number of benzene rings is 2. The fourth-order valence-corrected chi connectivity index (χ4v) is 1.99. The maximum Gasteiger partial charge on any atom is 0.143 e. The molecule has 19 heavy (non-hydrogen) atoms. The number of allylic oxidation sites excluding steroid dienone is 1. The molecule has 0 saturated heterocycles. The molecule has 94 valence electrons. The summed E-state index contributed by atoms with van der Waals surface area (Å²) >= 11 is 0. The van der Waals surface area contributed by atoms with Crippen molar-refractivity contribution < 1.29 is 5.11 Å². The van der Waals surface area contributed by atoms with Crippen molar-refractivity contribution in [3.8, 4) is 11.4 Å². The predicted molar refractivity (Wildman–Crippen MR) is 74.4 cm³/mol. The van der Waals surface area contributed by atoms with E-state index in [0.717, 1.165) is 23.0 Å². The van der Waals surface area contributed by atoms with Crippen LogP contribution in [0.15, 0.2) is 55.1 Å². The van der Waals surface area contributed by atoms with E-state index in [0.29, 0.717) is 5.69 Å². The molecule has 0 spiro atoms. The molecule has 0 amide bonds. The van der Waals surface area contributed by atoms with Crippen LogP contribution >= 0.6 is 0 Å². The molecular formula is C15H13N3O. The average Bonchev–Trinajstić information content (AvgIpc) is 2.85. The highest BCUT2D eigenvalue weighted by Gasteiger charge is 2.09. The van der Waals surface area contributed by atoms with Crippen LogP contribution in [-0.4, -0.2) is 20.1 Å². The molecule has 1 N–H and O–H groups in total. The van der Waals surface area contributed by atoms with Crippen molar-refractivity contribution >= 4 is 11.0 Å². The van der Waals surface area contributed by atoms with E-state index < -0.39 is 0 Å². The molecule has 0 aliphatic heterocycles. The summed E-state index contributed by atoms with van der Waals surface area (Å²) in [5.74, 6) is 0.160. The third-order valence-corrected chi connectivity index (χ3v) is 2.92. The minimum atomic E-state index is 0.160. The number of phenolic OH excluding ortho intramolecular Hbond substituents is 1. The number of phenols is 1. The number of aromatic hydroxyl groups is 1. The summed E-state index contributed by atoms with van der Waals surface area (Å²) in [7, 11) is 0. The lowest BCUT2D eigenvalue weighted by molar-refractivity contribution is 0.467. The molecule has 1 aromatic heterocycles. The second kappa shape index (κ2) is 4.57. The van der Waals surface area contributed by atoms with Gasteiger partial charge in [-0.3, -0.25) is 0 Å². The Hall–Kier alpha value is -2.62. The van der Waals surface area contributed by atoms with Gasteiger partial charge in [-0.2, -0.15) is 0 Å². The number of hydrogen-bond acceptors (Lipinski definition) is 3. The highest BCUT2D eigenvalue weighted by molar-refractivity contribution is 5.73. The minimum Gasteiger partial charge on any atom is -0.506 e. The largest absolute Gasteiger partial charge is 0.506 e. The summed E-state index contributed by atoms with van der Waals surface area (Å²) in [6.07, 6.45) is 2.57. The van der Waals surface area contributed by atoms with Gasteiger partial charge in [-0.05, 0) is 36.2 Å². The van der Waals surface area contributed by atoms with Crippen molar-refractivity contribution in [3.05, 3.63) is 60.7 Å². The van der Waals surface area contributed by atoms with Crippen molar-refractivity contribution in [2.45, 2.75) is 6.42 Å². The molecule has 0 aliphatic carbocycles. The molecule has 0 aliphatic rings. The van der Waals surface area contributed by atoms with E-state index >= 15 is 0 Å². The second-order valence-electron chi connectivity index (χ2n) is 4.29. The number of nitrogens with zero attached hydrogens (tertiary/aromatic N) is 3. The van der Waals surface area contributed by atoms with Crippen LogP contribution in [0.4, 0.5) is 0 Å². The van der Waals surface area contributed by atoms with Crippen LogP contribution < -0.4 is 0 Å². The molecule has 0 radical (unpaired) electrons. The summed E-state index contributed by atoms with van der Waals surface area (Å²) in [5, 5.41) is 18.7. The van der Waals surface area contributed by atoms with Crippen LogP contribution in [0.2, 0.25) is 0 Å². The molecule has 0 saturated carbocycles. The van der Waals surface area contributed by atoms with Crippen molar-refractivity contribution in [2.75, 3.05) is 0 Å². The number of aromatic nitrogens is 3. The van der Waals surface area contributed by atoms with Gasteiger partial charge in [0.15, 0.2) is 0 Å². The molecule has 0 fully saturated rings. The van der Waals surface area contributed by atoms with Gasteiger partial charge < -0.3 is 5.11 Å². The Labute approximate surface area is 110 Å². The van der Waals surface area contributed by atoms with Gasteiger partial charge in [0.05, 0.1) is 0 Å². The molecule has 4 heteroatoms. The summed E-state index contributed by atoms with van der Waals surface area (Å²) in [5.41, 5.74) is 3.24. The molecule has 0 unspecified atom stereocenters. The first-order valence-corrected chi connectivity index (χ1v) is 6.03. The van der Waals surface area contributed by atoms with Crippen molar-refractivity contribution in [1.29, 1.82) is 0 Å². The minimum absolute atomic E-state index is 0.160. The highest BCUT2D eigenvalue weighted by atomic mass is 16.3. The SMILES string of the molecule is C=CCc1ccc(O)c(-n2nc3ccccc3n2)c1. The van der Waals surface area contributed by atoms with Gasteiger partial charge in [0, 0.05) is 0 Å². The predicted octanol–water partition coefficient (Wildman–Crippen LogP) is 2.85. The van der Waals surface area contributed by atoms with E-state index in [9.17, 15) is 5.11 Å². The second-order valence-corrected chi connectivity index (χ2v) is 4.29. The molecule has 3 rings (SSSR count). The molecule has 1 heterocycles. The van der Waals surface area contributed by atoms with Gasteiger partial charge in [0.2, 0.25) is 0 Å². The zero-order valence-corrected chi connectivity index (χ0v) is 10.3. The first-order chi connectivity index (χ1) is 9.28. The van der Waals surface area contributed by atoms with E-state index in [-0.39, 0.29) is 5.75 Å². The lowest BCUT2D eigenvalue weighted by Gasteiger charge is -2.05. The van der Waals surface area contributed by atoms with E-state index in [2.05, 4.69) is 16.8 Å². The molecule has 3 aromatic rings. The first-order valence-electron chi connectivity index (χ1n) is 6.03. The quantitative estimate of drug-likeness (QED) is 0.728. The lowest BCUT2D eigenvalue weighted by atomic mass is 10.1. The molecule has 0 atom stereocenters. The normalized spacial score (nSPS) is 10.7. The number of rotatable bonds is 3. The van der Waals surface area contributed by atoms with Crippen LogP contribution in [0, 0.1) is 0 Å². The van der Waals surface area contributed by atoms with Gasteiger partial charge in [0.1, 0.15) is 22.5 Å². The standard InChI is InChI=1S/C15H13N3O/c1-2-5-11-8-9-15(19)14(10-11)18-16-12-6-3-4-7-13(12)17-18/h2-4,6-10,19H,1,5H2. The molecular weight excluding hydrogens is 238 g/mol. The van der Waals surface area contributed by atoms with Gasteiger partial charge in [-0.15, -0.1) is 21.6 Å². The van der Waals surface area contributed by atoms with Crippen LogP contribution in [0.25, 0.3) is 16.7 Å². The highest BCUT2D eigenvalue weighted by Crippen LogP contribution is 2.23. The fraction of sp³-hybridized carbons (Fsp3) is 0.0667. The van der Waals surface area contributed by atoms with E-state index in [1.54, 1.807) is 6.07 Å². The van der Waals surface area contributed by atoms with Gasteiger partial charge in [-0.1, -0.05) is 24.3 Å². The van der Waals surface area contributed by atoms with Crippen molar-refractivity contribution in [3.63, 3.8) is 0 Å². The summed E-state index contributed by atoms with van der Waals surface area (Å²) in [6.45, 7) is 3.72. The van der Waals surface area contributed by atoms with Crippen LogP contribution in [0.1, 0.15) is 5.56 Å². The Bertz CT molecular complexity index is 713. The average molecular weight is 251 g/mol. The monoisotopic (exact) mass is 251 g/mol. The lowest BCUT2D eigenvalue weighted by Crippen LogP contribution is -2.00. The first kappa shape index (κ1) is 11.5. The van der Waals surface area contributed by atoms with Gasteiger partial charge in [0.25, 0.3) is 0 Å². The fourth-order valence-electron chi connectivity index (χ4n) is 1.99. The van der Waals surface area contributed by atoms with Gasteiger partial charge in [-0.25, -0.2) is 0 Å². The maximum absolute atomic E-state index is 9.96. The van der Waals surface area contributed by atoms with Crippen molar-refractivity contribution in [2.24, 2.45) is 0 Å². The van der Waals surface area contributed by atoms with Crippen LogP contribution in [-0.2, 0) is 6.42 Å². The van der Waals surface area contributed by atoms with Crippen molar-refractivity contribution in [1.82, 2.24) is 15.0 Å². The third-order valence-electron chi connectivity index (χ3n) is 2.92. The Morgan fingerprint density at radius 2 is 1.79 bits per heavy atom. The topological polar surface area (TPSA) is 50.9 Å². The molecule has 2 aromatic carbocycles. The van der Waals surface area contributed by atoms with Crippen LogP contribution in [0.5, 0.6) is 5.75 Å². The third kappa shape index (κ3) is 2.08. The summed E-state index contributed by atoms with van der Waals surface area (Å²) in [6, 6.07) is 13.0. The number of hydrogen-bond donors (Lipinski definition) is 1. The summed E-state index contributed by atoms with van der Waals surface area (Å²) in [4.78, 5) is 1.46. The smallest absolute Gasteiger partial charge is 0.143 e. The van der Waals surface area contributed by atoms with Crippen LogP contribution in [0.3, 0.4) is 0 Å². The Kier molecular flexibility index (Phi) is 2.76.